The Hall–Kier alpha value is -2.39. The molecular weight excluding hydrogens is 322 g/mol. The zero-order valence-electron chi connectivity index (χ0n) is 15.9. The van der Waals surface area contributed by atoms with Gasteiger partial charge in [0.2, 0.25) is 0 Å². The first-order chi connectivity index (χ1) is 12.2. The van der Waals surface area contributed by atoms with Gasteiger partial charge in [0.25, 0.3) is 0 Å². The average Bonchev–Trinajstić information content (AvgIpc) is 2.56. The van der Waals surface area contributed by atoms with Crippen LogP contribution in [-0.4, -0.2) is 25.0 Å². The average molecular weight is 348 g/mol. The number of Topliss-reactive ketones (excluding diaryl/α,β-unsaturated/α-hetero) is 1. The van der Waals surface area contributed by atoms with Gasteiger partial charge in [-0.25, -0.2) is 0 Å². The van der Waals surface area contributed by atoms with E-state index in [1.54, 1.807) is 0 Å². The van der Waals surface area contributed by atoms with Crippen molar-refractivity contribution in [3.05, 3.63) is 65.4 Å². The molecule has 3 nitrogen and oxygen atoms in total. The van der Waals surface area contributed by atoms with Crippen molar-refractivity contribution in [3.8, 4) is 11.1 Å². The lowest BCUT2D eigenvalue weighted by Gasteiger charge is -2.45. The number of quaternary nitrogens is 1. The van der Waals surface area contributed by atoms with Gasteiger partial charge in [0, 0.05) is 24.0 Å². The number of carbonyl (C=O) groups is 1. The molecule has 0 amide bonds. The maximum Gasteiger partial charge on any atom is 0.169 e. The molecule has 1 aliphatic carbocycles. The molecule has 2 aromatic carbocycles. The summed E-state index contributed by atoms with van der Waals surface area (Å²) in [6, 6.07) is 16.5. The minimum atomic E-state index is -0.190. The molecule has 26 heavy (non-hydrogen) atoms. The van der Waals surface area contributed by atoms with Gasteiger partial charge in [0.15, 0.2) is 11.8 Å². The Kier molecular flexibility index (Phi) is 3.64. The van der Waals surface area contributed by atoms with E-state index in [1.807, 2.05) is 32.0 Å². The topological polar surface area (TPSA) is 37.3 Å². The molecular formula is C23H26NO2+. The molecule has 0 radical (unpaired) electrons. The van der Waals surface area contributed by atoms with Crippen molar-refractivity contribution in [1.82, 2.24) is 4.48 Å². The number of fused-ring (bicyclic) bond motifs is 3. The summed E-state index contributed by atoms with van der Waals surface area (Å²) < 4.78 is 0.527. The van der Waals surface area contributed by atoms with Crippen molar-refractivity contribution in [1.29, 1.82) is 0 Å². The molecule has 1 unspecified atom stereocenters. The van der Waals surface area contributed by atoms with Crippen LogP contribution in [0.5, 0.6) is 0 Å². The standard InChI is InChI=1S/C23H25NO2/c1-23(2)13-19(25)21(20(26)14-23)22-17-11-6-5-9-15(17)16-10-7-8-12-18(16)24(22,3)4/h5-12,22H,13-14H2,1-4H3/p+1. The summed E-state index contributed by atoms with van der Waals surface area (Å²) in [6.45, 7) is 4.09. The second-order valence-electron chi connectivity index (χ2n) is 8.85. The quantitative estimate of drug-likeness (QED) is 0.721. The molecule has 0 fully saturated rings. The van der Waals surface area contributed by atoms with Crippen molar-refractivity contribution < 1.29 is 9.90 Å². The van der Waals surface area contributed by atoms with E-state index in [0.717, 1.165) is 11.1 Å². The lowest BCUT2D eigenvalue weighted by molar-refractivity contribution is -0.119. The Labute approximate surface area is 155 Å². The minimum Gasteiger partial charge on any atom is -0.512 e. The number of hydrogen-bond acceptors (Lipinski definition) is 2. The van der Waals surface area contributed by atoms with Gasteiger partial charge in [-0.3, -0.25) is 9.28 Å². The van der Waals surface area contributed by atoms with Gasteiger partial charge in [-0.2, -0.15) is 0 Å². The second-order valence-corrected chi connectivity index (χ2v) is 8.85. The number of likely N-dealkylation sites (N-methyl/N-ethyl adjacent to an activating group) is 1. The number of benzene rings is 2. The predicted molar refractivity (Wildman–Crippen MR) is 106 cm³/mol. The Morgan fingerprint density at radius 1 is 0.962 bits per heavy atom. The van der Waals surface area contributed by atoms with Crippen LogP contribution < -0.4 is 4.48 Å². The molecule has 0 saturated heterocycles. The summed E-state index contributed by atoms with van der Waals surface area (Å²) in [5.74, 6) is 0.334. The normalized spacial score (nSPS) is 23.4. The van der Waals surface area contributed by atoms with Crippen molar-refractivity contribution in [2.45, 2.75) is 32.7 Å². The lowest BCUT2D eigenvalue weighted by atomic mass is 9.72. The van der Waals surface area contributed by atoms with E-state index in [1.165, 1.54) is 11.3 Å². The predicted octanol–water partition coefficient (Wildman–Crippen LogP) is 5.18. The molecule has 0 saturated carbocycles. The van der Waals surface area contributed by atoms with Crippen molar-refractivity contribution in [2.75, 3.05) is 14.1 Å². The van der Waals surface area contributed by atoms with Crippen LogP contribution in [0.25, 0.3) is 11.1 Å². The summed E-state index contributed by atoms with van der Waals surface area (Å²) in [7, 11) is 4.26. The van der Waals surface area contributed by atoms with Gasteiger partial charge >= 0.3 is 0 Å². The van der Waals surface area contributed by atoms with Crippen LogP contribution in [-0.2, 0) is 4.79 Å². The van der Waals surface area contributed by atoms with Crippen LogP contribution in [0.15, 0.2) is 59.9 Å². The number of ketones is 1. The van der Waals surface area contributed by atoms with E-state index in [0.29, 0.717) is 22.9 Å². The Morgan fingerprint density at radius 2 is 1.58 bits per heavy atom. The summed E-state index contributed by atoms with van der Waals surface area (Å²) in [6.07, 6.45) is 1.03. The van der Waals surface area contributed by atoms with E-state index in [9.17, 15) is 9.90 Å². The highest BCUT2D eigenvalue weighted by Crippen LogP contribution is 2.52. The first-order valence-electron chi connectivity index (χ1n) is 9.20. The largest absolute Gasteiger partial charge is 0.512 e. The van der Waals surface area contributed by atoms with Crippen LogP contribution in [0.3, 0.4) is 0 Å². The number of carbonyl (C=O) groups excluding carboxylic acids is 1. The fraction of sp³-hybridized carbons (Fsp3) is 0.348. The molecule has 0 spiro atoms. The highest BCUT2D eigenvalue weighted by atomic mass is 16.3. The number of para-hydroxylation sites is 1. The van der Waals surface area contributed by atoms with Gasteiger partial charge in [0.05, 0.1) is 19.7 Å². The fourth-order valence-corrected chi connectivity index (χ4v) is 4.76. The van der Waals surface area contributed by atoms with Crippen LogP contribution in [0, 0.1) is 5.41 Å². The summed E-state index contributed by atoms with van der Waals surface area (Å²) in [5, 5.41) is 10.9. The molecule has 0 bridgehead atoms. The van der Waals surface area contributed by atoms with E-state index >= 15 is 0 Å². The number of nitrogens with zero attached hydrogens (tertiary/aromatic N) is 1. The molecule has 2 aromatic rings. The monoisotopic (exact) mass is 348 g/mol. The number of rotatable bonds is 1. The lowest BCUT2D eigenvalue weighted by Crippen LogP contribution is -2.49. The molecule has 1 atom stereocenters. The first kappa shape index (κ1) is 17.0. The molecule has 0 aromatic heterocycles. The highest BCUT2D eigenvalue weighted by Gasteiger charge is 2.48. The third kappa shape index (κ3) is 2.42. The highest BCUT2D eigenvalue weighted by molar-refractivity contribution is 6.00. The summed E-state index contributed by atoms with van der Waals surface area (Å²) in [4.78, 5) is 13.1. The van der Waals surface area contributed by atoms with E-state index < -0.39 is 0 Å². The first-order valence-corrected chi connectivity index (χ1v) is 9.20. The van der Waals surface area contributed by atoms with Gasteiger partial charge < -0.3 is 5.11 Å². The van der Waals surface area contributed by atoms with Crippen molar-refractivity contribution in [2.24, 2.45) is 5.41 Å². The van der Waals surface area contributed by atoms with E-state index in [-0.39, 0.29) is 23.0 Å². The van der Waals surface area contributed by atoms with E-state index in [4.69, 9.17) is 0 Å². The van der Waals surface area contributed by atoms with Gasteiger partial charge in [0.1, 0.15) is 11.4 Å². The summed E-state index contributed by atoms with van der Waals surface area (Å²) >= 11 is 0. The van der Waals surface area contributed by atoms with Crippen LogP contribution in [0.1, 0.15) is 38.3 Å². The zero-order valence-corrected chi connectivity index (χ0v) is 15.9. The van der Waals surface area contributed by atoms with E-state index in [2.05, 4.69) is 44.4 Å². The summed E-state index contributed by atoms with van der Waals surface area (Å²) in [5.41, 5.74) is 5.06. The third-order valence-corrected chi connectivity index (χ3v) is 5.89. The Balaban J connectivity index is 1.99. The maximum absolute atomic E-state index is 13.1. The number of hydrogen-bond donors (Lipinski definition) is 1. The molecule has 3 heteroatoms. The smallest absolute Gasteiger partial charge is 0.169 e. The van der Waals surface area contributed by atoms with Crippen LogP contribution in [0.4, 0.5) is 5.69 Å². The minimum absolute atomic E-state index is 0.0733. The fourth-order valence-electron chi connectivity index (χ4n) is 4.76. The third-order valence-electron chi connectivity index (χ3n) is 5.89. The van der Waals surface area contributed by atoms with Gasteiger partial charge in [-0.1, -0.05) is 50.2 Å². The molecule has 2 aliphatic rings. The van der Waals surface area contributed by atoms with Crippen LogP contribution in [0.2, 0.25) is 0 Å². The number of aliphatic hydroxyl groups is 1. The van der Waals surface area contributed by atoms with Gasteiger partial charge in [-0.15, -0.1) is 0 Å². The van der Waals surface area contributed by atoms with Crippen LogP contribution >= 0.6 is 0 Å². The second kappa shape index (κ2) is 5.55. The zero-order chi connectivity index (χ0) is 18.7. The van der Waals surface area contributed by atoms with Crippen molar-refractivity contribution >= 4 is 11.5 Å². The molecule has 134 valence electrons. The van der Waals surface area contributed by atoms with Gasteiger partial charge in [-0.05, 0) is 23.1 Å². The SMILES string of the molecule is CC1(C)CC(=O)C(C2c3ccccc3-c3ccccc3[N+]2(C)C)=C(O)C1. The maximum atomic E-state index is 13.1. The molecule has 1 aliphatic heterocycles. The number of allylic oxidation sites excluding steroid dienone is 1. The molecule has 1 heterocycles. The Morgan fingerprint density at radius 3 is 2.27 bits per heavy atom. The van der Waals surface area contributed by atoms with Crippen molar-refractivity contribution in [3.63, 3.8) is 0 Å². The Bertz CT molecular complexity index is 937. The molecule has 4 rings (SSSR count). The molecule has 1 N–H and O–H groups in total. The number of aliphatic hydroxyl groups excluding tert-OH is 1.